The van der Waals surface area contributed by atoms with Crippen molar-refractivity contribution in [3.8, 4) is 0 Å². The van der Waals surface area contributed by atoms with Gasteiger partial charge in [0.2, 0.25) is 0 Å². The molecule has 1 rings (SSSR count). The number of benzene rings is 1. The third-order valence-corrected chi connectivity index (χ3v) is 2.01. The molecule has 0 amide bonds. The summed E-state index contributed by atoms with van der Waals surface area (Å²) >= 11 is 0. The van der Waals surface area contributed by atoms with Gasteiger partial charge in [0.25, 0.3) is 0 Å². The van der Waals surface area contributed by atoms with Gasteiger partial charge in [0.1, 0.15) is 5.82 Å². The van der Waals surface area contributed by atoms with E-state index in [1.807, 2.05) is 0 Å². The lowest BCUT2D eigenvalue weighted by atomic mass is 10.1. The molecule has 0 fully saturated rings. The summed E-state index contributed by atoms with van der Waals surface area (Å²) in [5.74, 6) is -1.74. The molecule has 0 spiro atoms. The van der Waals surface area contributed by atoms with E-state index in [2.05, 4.69) is 4.74 Å². The van der Waals surface area contributed by atoms with Crippen molar-refractivity contribution in [1.29, 1.82) is 0 Å². The van der Waals surface area contributed by atoms with Gasteiger partial charge in [0, 0.05) is 6.08 Å². The summed E-state index contributed by atoms with van der Waals surface area (Å²) in [6.07, 6.45) is -4.36. The van der Waals surface area contributed by atoms with Crippen molar-refractivity contribution in [1.82, 2.24) is 0 Å². The number of ether oxygens (including phenoxy) is 1. The number of hydrogen-bond donors (Lipinski definition) is 0. The van der Waals surface area contributed by atoms with Crippen LogP contribution in [0.5, 0.6) is 0 Å². The fraction of sp³-hybridized carbons (Fsp3) is 0.250. The van der Waals surface area contributed by atoms with Crippen LogP contribution in [0.1, 0.15) is 12.5 Å². The summed E-state index contributed by atoms with van der Waals surface area (Å²) < 4.78 is 55.3. The topological polar surface area (TPSA) is 26.3 Å². The summed E-state index contributed by atoms with van der Waals surface area (Å²) in [7, 11) is 0. The Kier molecular flexibility index (Phi) is 4.47. The molecular weight excluding hydrogens is 252 g/mol. The van der Waals surface area contributed by atoms with Crippen molar-refractivity contribution in [2.24, 2.45) is 0 Å². The van der Waals surface area contributed by atoms with E-state index >= 15 is 0 Å². The van der Waals surface area contributed by atoms with Crippen LogP contribution in [0.3, 0.4) is 0 Å². The molecule has 0 saturated carbocycles. The standard InChI is InChI=1S/C12H10F4O2/c1-2-18-11(17)7-10(12(14,15)16)8-3-5-9(13)6-4-8/h3-7H,2H2,1H3/b10-7-. The maximum Gasteiger partial charge on any atom is 0.417 e. The highest BCUT2D eigenvalue weighted by Gasteiger charge is 2.35. The van der Waals surface area contributed by atoms with Crippen LogP contribution in [0, 0.1) is 5.82 Å². The molecule has 0 atom stereocenters. The SMILES string of the molecule is CCOC(=O)/C=C(/c1ccc(F)cc1)C(F)(F)F. The van der Waals surface area contributed by atoms with Gasteiger partial charge < -0.3 is 4.74 Å². The zero-order valence-electron chi connectivity index (χ0n) is 9.42. The summed E-state index contributed by atoms with van der Waals surface area (Å²) in [5, 5.41) is 0. The maximum atomic E-state index is 12.7. The maximum absolute atomic E-state index is 12.7. The highest BCUT2D eigenvalue weighted by atomic mass is 19.4. The van der Waals surface area contributed by atoms with Gasteiger partial charge in [-0.15, -0.1) is 0 Å². The van der Waals surface area contributed by atoms with Gasteiger partial charge >= 0.3 is 12.1 Å². The van der Waals surface area contributed by atoms with Crippen molar-refractivity contribution < 1.29 is 27.1 Å². The molecule has 2 nitrogen and oxygen atoms in total. The highest BCUT2D eigenvalue weighted by Crippen LogP contribution is 2.33. The Bertz CT molecular complexity index is 446. The number of allylic oxidation sites excluding steroid dienone is 1. The molecule has 0 radical (unpaired) electrons. The molecule has 0 heterocycles. The van der Waals surface area contributed by atoms with Gasteiger partial charge in [-0.1, -0.05) is 12.1 Å². The number of carbonyl (C=O) groups is 1. The molecule has 0 aliphatic carbocycles. The number of hydrogen-bond acceptors (Lipinski definition) is 2. The summed E-state index contributed by atoms with van der Waals surface area (Å²) in [6.45, 7) is 1.46. The second kappa shape index (κ2) is 5.66. The molecule has 0 N–H and O–H groups in total. The second-order valence-corrected chi connectivity index (χ2v) is 3.31. The Morgan fingerprint density at radius 1 is 1.28 bits per heavy atom. The Hall–Kier alpha value is -1.85. The molecule has 0 aromatic heterocycles. The Morgan fingerprint density at radius 3 is 2.28 bits per heavy atom. The van der Waals surface area contributed by atoms with Gasteiger partial charge in [-0.05, 0) is 24.6 Å². The molecule has 1 aromatic carbocycles. The minimum atomic E-state index is -4.72. The zero-order valence-corrected chi connectivity index (χ0v) is 9.42. The van der Waals surface area contributed by atoms with Gasteiger partial charge in [0.05, 0.1) is 12.2 Å². The van der Waals surface area contributed by atoms with E-state index in [-0.39, 0.29) is 12.2 Å². The zero-order chi connectivity index (χ0) is 13.8. The lowest BCUT2D eigenvalue weighted by Crippen LogP contribution is -2.13. The fourth-order valence-corrected chi connectivity index (χ4v) is 1.26. The lowest BCUT2D eigenvalue weighted by molar-refractivity contribution is -0.137. The van der Waals surface area contributed by atoms with E-state index in [4.69, 9.17) is 0 Å². The van der Waals surface area contributed by atoms with Crippen LogP contribution in [-0.4, -0.2) is 18.8 Å². The Balaban J connectivity index is 3.14. The predicted octanol–water partition coefficient (Wildman–Crippen LogP) is 3.33. The third-order valence-electron chi connectivity index (χ3n) is 2.01. The van der Waals surface area contributed by atoms with Crippen molar-refractivity contribution in [3.05, 3.63) is 41.7 Å². The highest BCUT2D eigenvalue weighted by molar-refractivity contribution is 5.92. The van der Waals surface area contributed by atoms with Gasteiger partial charge in [0.15, 0.2) is 0 Å². The summed E-state index contributed by atoms with van der Waals surface area (Å²) in [6, 6.07) is 3.68. The molecule has 6 heteroatoms. The summed E-state index contributed by atoms with van der Waals surface area (Å²) in [5.41, 5.74) is -1.46. The van der Waals surface area contributed by atoms with Gasteiger partial charge in [-0.3, -0.25) is 0 Å². The average Bonchev–Trinajstić information content (AvgIpc) is 2.26. The van der Waals surface area contributed by atoms with Crippen molar-refractivity contribution in [2.45, 2.75) is 13.1 Å². The fourth-order valence-electron chi connectivity index (χ4n) is 1.26. The molecule has 0 aliphatic rings. The number of esters is 1. The third kappa shape index (κ3) is 3.87. The van der Waals surface area contributed by atoms with E-state index in [9.17, 15) is 22.4 Å². The van der Waals surface area contributed by atoms with Crippen LogP contribution in [0.15, 0.2) is 30.3 Å². The van der Waals surface area contributed by atoms with Crippen molar-refractivity contribution >= 4 is 11.5 Å². The Morgan fingerprint density at radius 2 is 1.83 bits per heavy atom. The normalized spacial score (nSPS) is 12.4. The first-order chi connectivity index (χ1) is 8.34. The van der Waals surface area contributed by atoms with Gasteiger partial charge in [-0.2, -0.15) is 13.2 Å². The van der Waals surface area contributed by atoms with E-state index in [1.54, 1.807) is 0 Å². The quantitative estimate of drug-likeness (QED) is 0.474. The first-order valence-corrected chi connectivity index (χ1v) is 5.06. The van der Waals surface area contributed by atoms with Crippen LogP contribution in [0.25, 0.3) is 5.57 Å². The number of halogens is 4. The molecule has 1 aromatic rings. The van der Waals surface area contributed by atoms with E-state index in [1.165, 1.54) is 6.92 Å². The van der Waals surface area contributed by atoms with Crippen LogP contribution < -0.4 is 0 Å². The number of carbonyl (C=O) groups excluding carboxylic acids is 1. The lowest BCUT2D eigenvalue weighted by Gasteiger charge is -2.11. The van der Waals surface area contributed by atoms with E-state index < -0.39 is 23.5 Å². The minimum Gasteiger partial charge on any atom is -0.463 e. The second-order valence-electron chi connectivity index (χ2n) is 3.31. The van der Waals surface area contributed by atoms with E-state index in [0.29, 0.717) is 6.08 Å². The smallest absolute Gasteiger partial charge is 0.417 e. The Labute approximate surface area is 101 Å². The number of rotatable bonds is 3. The largest absolute Gasteiger partial charge is 0.463 e. The average molecular weight is 262 g/mol. The molecule has 18 heavy (non-hydrogen) atoms. The van der Waals surface area contributed by atoms with E-state index in [0.717, 1.165) is 24.3 Å². The first kappa shape index (κ1) is 14.2. The van der Waals surface area contributed by atoms with Gasteiger partial charge in [-0.25, -0.2) is 9.18 Å². The van der Waals surface area contributed by atoms with Crippen LogP contribution >= 0.6 is 0 Å². The monoisotopic (exact) mass is 262 g/mol. The van der Waals surface area contributed by atoms with Crippen LogP contribution in [-0.2, 0) is 9.53 Å². The number of alkyl halides is 3. The van der Waals surface area contributed by atoms with Crippen molar-refractivity contribution in [3.63, 3.8) is 0 Å². The first-order valence-electron chi connectivity index (χ1n) is 5.06. The van der Waals surface area contributed by atoms with Crippen LogP contribution in [0.2, 0.25) is 0 Å². The van der Waals surface area contributed by atoms with Crippen LogP contribution in [0.4, 0.5) is 17.6 Å². The predicted molar refractivity (Wildman–Crippen MR) is 57.1 cm³/mol. The molecule has 0 unspecified atom stereocenters. The molecule has 0 saturated heterocycles. The van der Waals surface area contributed by atoms with Crippen molar-refractivity contribution in [2.75, 3.05) is 6.61 Å². The molecular formula is C12H10F4O2. The molecule has 0 aliphatic heterocycles. The minimum absolute atomic E-state index is 0.0239. The molecule has 0 bridgehead atoms. The summed E-state index contributed by atoms with van der Waals surface area (Å²) in [4.78, 5) is 11.1. The molecule has 98 valence electrons.